The predicted molar refractivity (Wildman–Crippen MR) is 118 cm³/mol. The van der Waals surface area contributed by atoms with Gasteiger partial charge in [-0.2, -0.15) is 0 Å². The molecule has 142 valence electrons. The van der Waals surface area contributed by atoms with Gasteiger partial charge in [-0.05, 0) is 23.8 Å². The third-order valence-corrected chi connectivity index (χ3v) is 7.71. The maximum atomic E-state index is 14.7. The quantitative estimate of drug-likeness (QED) is 0.407. The number of aliphatic carboxylic acids is 1. The molecular formula is C24H18NO3P. The van der Waals surface area contributed by atoms with Crippen LogP contribution >= 0.6 is 7.14 Å². The van der Waals surface area contributed by atoms with Gasteiger partial charge in [0.25, 0.3) is 0 Å². The van der Waals surface area contributed by atoms with Crippen molar-refractivity contribution in [3.63, 3.8) is 0 Å². The largest absolute Gasteiger partial charge is 0.478 e. The monoisotopic (exact) mass is 399 g/mol. The number of hydrogen-bond donors (Lipinski definition) is 1. The first kappa shape index (κ1) is 18.9. The third kappa shape index (κ3) is 3.63. The number of pyridine rings is 1. The minimum atomic E-state index is -3.33. The summed E-state index contributed by atoms with van der Waals surface area (Å²) in [7, 11) is -3.33. The molecule has 0 aliphatic carbocycles. The van der Waals surface area contributed by atoms with Gasteiger partial charge in [-0.1, -0.05) is 78.9 Å². The van der Waals surface area contributed by atoms with Crippen molar-refractivity contribution in [3.05, 3.63) is 103 Å². The lowest BCUT2D eigenvalue weighted by atomic mass is 10.2. The molecular weight excluding hydrogens is 381 g/mol. The van der Waals surface area contributed by atoms with E-state index in [9.17, 15) is 9.36 Å². The van der Waals surface area contributed by atoms with Crippen LogP contribution in [0, 0.1) is 0 Å². The molecule has 0 fully saturated rings. The standard InChI is InChI=1S/C24H18NO3P/c26-24(27)17-15-19-9-5-7-13-22(19)29(28,20-10-2-1-3-11-20)23-16-14-18-8-4-6-12-21(18)25-23/h1-17H,(H,26,27). The van der Waals surface area contributed by atoms with E-state index in [1.165, 1.54) is 6.08 Å². The SMILES string of the molecule is O=C(O)C=Cc1ccccc1P(=O)(c1ccccc1)c1ccc2ccccc2n1. The summed E-state index contributed by atoms with van der Waals surface area (Å²) in [5.41, 5.74) is 1.83. The van der Waals surface area contributed by atoms with E-state index in [1.807, 2.05) is 66.7 Å². The number of para-hydroxylation sites is 1. The van der Waals surface area contributed by atoms with Gasteiger partial charge in [0.05, 0.1) is 5.52 Å². The van der Waals surface area contributed by atoms with Crippen LogP contribution in [0.15, 0.2) is 97.1 Å². The minimum Gasteiger partial charge on any atom is -0.478 e. The average molecular weight is 399 g/mol. The normalized spacial score (nSPS) is 13.4. The second kappa shape index (κ2) is 7.86. The molecule has 4 aromatic rings. The highest BCUT2D eigenvalue weighted by Gasteiger charge is 2.33. The fourth-order valence-electron chi connectivity index (χ4n) is 3.34. The third-order valence-electron chi connectivity index (χ3n) is 4.71. The van der Waals surface area contributed by atoms with E-state index >= 15 is 0 Å². The number of nitrogens with zero attached hydrogens (tertiary/aromatic N) is 1. The number of hydrogen-bond acceptors (Lipinski definition) is 3. The second-order valence-electron chi connectivity index (χ2n) is 6.54. The molecule has 5 heteroatoms. The molecule has 0 saturated heterocycles. The Morgan fingerprint density at radius 3 is 2.31 bits per heavy atom. The maximum absolute atomic E-state index is 14.7. The molecule has 0 radical (unpaired) electrons. The zero-order valence-corrected chi connectivity index (χ0v) is 16.4. The molecule has 3 aromatic carbocycles. The molecule has 29 heavy (non-hydrogen) atoms. The average Bonchev–Trinajstić information content (AvgIpc) is 2.77. The van der Waals surface area contributed by atoms with E-state index in [2.05, 4.69) is 0 Å². The highest BCUT2D eigenvalue weighted by Crippen LogP contribution is 2.43. The van der Waals surface area contributed by atoms with Gasteiger partial charge in [0.2, 0.25) is 0 Å². The second-order valence-corrected chi connectivity index (χ2v) is 9.21. The fraction of sp³-hybridized carbons (Fsp3) is 0. The summed E-state index contributed by atoms with van der Waals surface area (Å²) >= 11 is 0. The zero-order chi connectivity index (χ0) is 20.3. The van der Waals surface area contributed by atoms with Crippen LogP contribution in [0.3, 0.4) is 0 Å². The van der Waals surface area contributed by atoms with Crippen LogP contribution in [0.2, 0.25) is 0 Å². The van der Waals surface area contributed by atoms with E-state index < -0.39 is 13.1 Å². The van der Waals surface area contributed by atoms with Gasteiger partial charge < -0.3 is 9.67 Å². The number of aromatic nitrogens is 1. The number of rotatable bonds is 5. The van der Waals surface area contributed by atoms with Crippen LogP contribution in [-0.2, 0) is 9.36 Å². The van der Waals surface area contributed by atoms with Gasteiger partial charge >= 0.3 is 5.97 Å². The summed E-state index contributed by atoms with van der Waals surface area (Å²) in [6.45, 7) is 0. The van der Waals surface area contributed by atoms with E-state index in [4.69, 9.17) is 10.1 Å². The Morgan fingerprint density at radius 2 is 1.52 bits per heavy atom. The van der Waals surface area contributed by atoms with Crippen molar-refractivity contribution in [2.75, 3.05) is 0 Å². The van der Waals surface area contributed by atoms with Crippen LogP contribution in [0.1, 0.15) is 5.56 Å². The van der Waals surface area contributed by atoms with Gasteiger partial charge in [0.1, 0.15) is 5.44 Å². The van der Waals surface area contributed by atoms with E-state index in [1.54, 1.807) is 24.3 Å². The molecule has 4 rings (SSSR count). The highest BCUT2D eigenvalue weighted by atomic mass is 31.2. The summed E-state index contributed by atoms with van der Waals surface area (Å²) in [5.74, 6) is -1.06. The first-order valence-electron chi connectivity index (χ1n) is 9.12. The molecule has 1 aromatic heterocycles. The Morgan fingerprint density at radius 1 is 0.828 bits per heavy atom. The van der Waals surface area contributed by atoms with Crippen LogP contribution in [-0.4, -0.2) is 16.1 Å². The topological polar surface area (TPSA) is 67.3 Å². The first-order chi connectivity index (χ1) is 14.1. The Kier molecular flexibility index (Phi) is 5.11. The van der Waals surface area contributed by atoms with Crippen LogP contribution in [0.4, 0.5) is 0 Å². The van der Waals surface area contributed by atoms with Crippen LogP contribution in [0.25, 0.3) is 17.0 Å². The van der Waals surface area contributed by atoms with Crippen molar-refractivity contribution in [1.29, 1.82) is 0 Å². The van der Waals surface area contributed by atoms with Crippen LogP contribution < -0.4 is 16.0 Å². The van der Waals surface area contributed by atoms with E-state index in [0.29, 0.717) is 21.6 Å². The lowest BCUT2D eigenvalue weighted by Crippen LogP contribution is -2.28. The zero-order valence-electron chi connectivity index (χ0n) is 15.5. The number of fused-ring (bicyclic) bond motifs is 1. The molecule has 0 bridgehead atoms. The van der Waals surface area contributed by atoms with Crippen molar-refractivity contribution in [3.8, 4) is 0 Å². The Balaban J connectivity index is 2.01. The molecule has 4 nitrogen and oxygen atoms in total. The molecule has 0 saturated carbocycles. The van der Waals surface area contributed by atoms with Crippen molar-refractivity contribution in [1.82, 2.24) is 4.98 Å². The van der Waals surface area contributed by atoms with Gasteiger partial charge in [-0.3, -0.25) is 0 Å². The van der Waals surface area contributed by atoms with Crippen molar-refractivity contribution in [2.24, 2.45) is 0 Å². The summed E-state index contributed by atoms with van der Waals surface area (Å²) < 4.78 is 14.7. The lowest BCUT2D eigenvalue weighted by molar-refractivity contribution is -0.131. The molecule has 0 aliphatic rings. The van der Waals surface area contributed by atoms with Crippen molar-refractivity contribution in [2.45, 2.75) is 0 Å². The van der Waals surface area contributed by atoms with E-state index in [-0.39, 0.29) is 0 Å². The van der Waals surface area contributed by atoms with Gasteiger partial charge in [-0.25, -0.2) is 9.78 Å². The summed E-state index contributed by atoms with van der Waals surface area (Å²) in [6.07, 6.45) is 2.54. The number of carboxylic acids is 1. The lowest BCUT2D eigenvalue weighted by Gasteiger charge is -2.21. The van der Waals surface area contributed by atoms with Gasteiger partial charge in [0, 0.05) is 22.1 Å². The molecule has 0 aliphatic heterocycles. The number of carbonyl (C=O) groups is 1. The Labute approximate surface area is 168 Å². The maximum Gasteiger partial charge on any atom is 0.328 e. The smallest absolute Gasteiger partial charge is 0.328 e. The fourth-order valence-corrected chi connectivity index (χ4v) is 6.06. The Bertz CT molecular complexity index is 1270. The van der Waals surface area contributed by atoms with Gasteiger partial charge in [0.15, 0.2) is 7.14 Å². The molecule has 1 heterocycles. The molecule has 0 spiro atoms. The minimum absolute atomic E-state index is 0.471. The summed E-state index contributed by atoms with van der Waals surface area (Å²) in [5, 5.41) is 11.2. The summed E-state index contributed by atoms with van der Waals surface area (Å²) in [4.78, 5) is 15.8. The molecule has 1 atom stereocenters. The van der Waals surface area contributed by atoms with Crippen molar-refractivity contribution >= 4 is 46.1 Å². The summed E-state index contributed by atoms with van der Waals surface area (Å²) in [6, 6.07) is 27.8. The van der Waals surface area contributed by atoms with Crippen LogP contribution in [0.5, 0.6) is 0 Å². The van der Waals surface area contributed by atoms with Crippen molar-refractivity contribution < 1.29 is 14.5 Å². The predicted octanol–water partition coefficient (Wildman–Crippen LogP) is 3.97. The molecule has 0 amide bonds. The van der Waals surface area contributed by atoms with Gasteiger partial charge in [-0.15, -0.1) is 0 Å². The molecule has 1 N–H and O–H groups in total. The highest BCUT2D eigenvalue weighted by molar-refractivity contribution is 7.85. The first-order valence-corrected chi connectivity index (χ1v) is 10.8. The Hall–Kier alpha value is -3.49. The van der Waals surface area contributed by atoms with E-state index in [0.717, 1.165) is 17.0 Å². The number of benzene rings is 3. The number of carboxylic acid groups (broad SMARTS) is 1. The molecule has 1 unspecified atom stereocenters.